The molecule has 0 radical (unpaired) electrons. The van der Waals surface area contributed by atoms with Crippen LogP contribution < -0.4 is 10.2 Å². The Morgan fingerprint density at radius 3 is 2.61 bits per heavy atom. The predicted octanol–water partition coefficient (Wildman–Crippen LogP) is 5.02. The van der Waals surface area contributed by atoms with Gasteiger partial charge < -0.3 is 14.3 Å². The van der Waals surface area contributed by atoms with Gasteiger partial charge >= 0.3 is 12.3 Å². The van der Waals surface area contributed by atoms with Gasteiger partial charge in [-0.1, -0.05) is 42.1 Å². The summed E-state index contributed by atoms with van der Waals surface area (Å²) in [5, 5.41) is 4.64. The van der Waals surface area contributed by atoms with Crippen LogP contribution >= 0.6 is 11.3 Å². The summed E-state index contributed by atoms with van der Waals surface area (Å²) in [6.07, 6.45) is -4.80. The van der Waals surface area contributed by atoms with E-state index in [9.17, 15) is 18.0 Å². The zero-order valence-electron chi connectivity index (χ0n) is 17.6. The molecule has 0 saturated carbocycles. The van der Waals surface area contributed by atoms with Crippen molar-refractivity contribution in [1.29, 1.82) is 0 Å². The average Bonchev–Trinajstić information content (AvgIpc) is 3.14. The number of oxime groups is 1. The average molecular weight is 480 g/mol. The molecule has 174 valence electrons. The van der Waals surface area contributed by atoms with Gasteiger partial charge in [0.05, 0.1) is 17.7 Å². The first kappa shape index (κ1) is 24.1. The molecule has 7 nitrogen and oxygen atoms in total. The number of carbonyl (C=O) groups excluding carboxylic acids is 1. The van der Waals surface area contributed by atoms with Crippen LogP contribution in [-0.4, -0.2) is 32.3 Å². The van der Waals surface area contributed by atoms with Crippen LogP contribution in [0.5, 0.6) is 5.75 Å². The molecule has 0 fully saturated rings. The van der Waals surface area contributed by atoms with Crippen LogP contribution in [0.2, 0.25) is 0 Å². The van der Waals surface area contributed by atoms with Crippen LogP contribution in [0, 0.1) is 0 Å². The fourth-order valence-corrected chi connectivity index (χ4v) is 4.11. The van der Waals surface area contributed by atoms with Gasteiger partial charge in [-0.2, -0.15) is 0 Å². The van der Waals surface area contributed by atoms with Crippen molar-refractivity contribution in [2.24, 2.45) is 5.16 Å². The number of rotatable bonds is 9. The molecule has 1 heterocycles. The summed E-state index contributed by atoms with van der Waals surface area (Å²) < 4.78 is 47.0. The van der Waals surface area contributed by atoms with Gasteiger partial charge in [0.1, 0.15) is 19.5 Å². The normalized spacial score (nSPS) is 11.8. The molecule has 0 amide bonds. The van der Waals surface area contributed by atoms with Gasteiger partial charge in [-0.25, -0.2) is 4.79 Å². The summed E-state index contributed by atoms with van der Waals surface area (Å²) in [5.74, 6) is -1.06. The van der Waals surface area contributed by atoms with Gasteiger partial charge in [0, 0.05) is 15.8 Å². The van der Waals surface area contributed by atoms with Crippen LogP contribution in [0.3, 0.4) is 0 Å². The van der Waals surface area contributed by atoms with Crippen molar-refractivity contribution in [2.75, 3.05) is 14.2 Å². The second kappa shape index (κ2) is 10.4. The van der Waals surface area contributed by atoms with Crippen molar-refractivity contribution in [2.45, 2.75) is 13.0 Å². The zero-order chi connectivity index (χ0) is 24.0. The second-order valence-electron chi connectivity index (χ2n) is 6.46. The molecule has 0 aliphatic carbocycles. The standard InChI is InChI=1S/C22H19F3N2O5S/c1-13(14-7-6-8-15(11-14)32-22(23,24)25)26-31-12-17-16-9-4-5-10-18(16)33-20(17)19(27-30-3)21(28)29-2/h4-11,26H,1,12H2,2-3H3. The number of carbonyl (C=O) groups is 1. The lowest BCUT2D eigenvalue weighted by Crippen LogP contribution is -2.19. The Bertz CT molecular complexity index is 1190. The molecular formula is C22H19F3N2O5S. The molecule has 11 heteroatoms. The first-order valence-corrected chi connectivity index (χ1v) is 10.2. The molecule has 2 aromatic carbocycles. The van der Waals surface area contributed by atoms with E-state index in [1.807, 2.05) is 24.3 Å². The molecule has 3 rings (SSSR count). The lowest BCUT2D eigenvalue weighted by Gasteiger charge is -2.13. The van der Waals surface area contributed by atoms with Crippen LogP contribution in [0.15, 0.2) is 60.3 Å². The Hall–Kier alpha value is -3.57. The van der Waals surface area contributed by atoms with Crippen molar-refractivity contribution < 1.29 is 37.1 Å². The number of benzene rings is 2. The fraction of sp³-hybridized carbons (Fsp3) is 0.182. The molecule has 3 aromatic rings. The number of hydrogen-bond acceptors (Lipinski definition) is 8. The molecule has 1 aromatic heterocycles. The van der Waals surface area contributed by atoms with Crippen molar-refractivity contribution in [3.63, 3.8) is 0 Å². The van der Waals surface area contributed by atoms with Crippen molar-refractivity contribution in [3.8, 4) is 5.75 Å². The summed E-state index contributed by atoms with van der Waals surface area (Å²) in [4.78, 5) is 23.1. The van der Waals surface area contributed by atoms with Gasteiger partial charge in [-0.05, 0) is 23.6 Å². The second-order valence-corrected chi connectivity index (χ2v) is 7.52. The minimum Gasteiger partial charge on any atom is -0.464 e. The quantitative estimate of drug-likeness (QED) is 0.263. The summed E-state index contributed by atoms with van der Waals surface area (Å²) in [7, 11) is 2.55. The van der Waals surface area contributed by atoms with Gasteiger partial charge in [0.25, 0.3) is 0 Å². The van der Waals surface area contributed by atoms with Crippen LogP contribution in [0.25, 0.3) is 15.8 Å². The van der Waals surface area contributed by atoms with Crippen molar-refractivity contribution in [1.82, 2.24) is 5.48 Å². The largest absolute Gasteiger partial charge is 0.573 e. The first-order valence-electron chi connectivity index (χ1n) is 9.36. The number of nitrogens with zero attached hydrogens (tertiary/aromatic N) is 1. The fourth-order valence-electron chi connectivity index (χ4n) is 2.93. The molecule has 0 aliphatic heterocycles. The third-order valence-electron chi connectivity index (χ3n) is 4.30. The lowest BCUT2D eigenvalue weighted by atomic mass is 10.1. The van der Waals surface area contributed by atoms with E-state index in [0.29, 0.717) is 16.0 Å². The maximum Gasteiger partial charge on any atom is 0.573 e. The number of methoxy groups -OCH3 is 1. The molecule has 0 unspecified atom stereocenters. The first-order chi connectivity index (χ1) is 15.7. The number of alkyl halides is 3. The minimum absolute atomic E-state index is 0.0170. The lowest BCUT2D eigenvalue weighted by molar-refractivity contribution is -0.274. The van der Waals surface area contributed by atoms with E-state index in [4.69, 9.17) is 14.4 Å². The number of halogens is 3. The summed E-state index contributed by atoms with van der Waals surface area (Å²) in [6.45, 7) is 3.77. The highest BCUT2D eigenvalue weighted by Gasteiger charge is 2.31. The molecule has 0 saturated heterocycles. The molecule has 0 aliphatic rings. The van der Waals surface area contributed by atoms with Gasteiger partial charge in [0.15, 0.2) is 0 Å². The molecule has 0 atom stereocenters. The van der Waals surface area contributed by atoms with E-state index < -0.39 is 12.3 Å². The summed E-state index contributed by atoms with van der Waals surface area (Å²) in [6, 6.07) is 12.7. The monoisotopic (exact) mass is 480 g/mol. The Morgan fingerprint density at radius 2 is 1.91 bits per heavy atom. The Kier molecular flexibility index (Phi) is 7.56. The van der Waals surface area contributed by atoms with Gasteiger partial charge in [-0.3, -0.25) is 10.3 Å². The van der Waals surface area contributed by atoms with E-state index in [-0.39, 0.29) is 23.8 Å². The van der Waals surface area contributed by atoms with Crippen molar-refractivity contribution >= 4 is 38.8 Å². The highest BCUT2D eigenvalue weighted by Crippen LogP contribution is 2.33. The SMILES string of the molecule is C=C(NOCc1c(C(=NOC)C(=O)OC)sc2ccccc12)c1cccc(OC(F)(F)F)c1. The molecular weight excluding hydrogens is 461 g/mol. The van der Waals surface area contributed by atoms with Crippen LogP contribution in [0.1, 0.15) is 16.0 Å². The predicted molar refractivity (Wildman–Crippen MR) is 117 cm³/mol. The molecule has 0 spiro atoms. The van der Waals surface area contributed by atoms with E-state index in [2.05, 4.69) is 22.0 Å². The Morgan fingerprint density at radius 1 is 1.15 bits per heavy atom. The van der Waals surface area contributed by atoms with E-state index in [0.717, 1.165) is 10.1 Å². The summed E-state index contributed by atoms with van der Waals surface area (Å²) in [5.41, 5.74) is 3.79. The van der Waals surface area contributed by atoms with E-state index in [1.54, 1.807) is 6.07 Å². The van der Waals surface area contributed by atoms with Gasteiger partial charge in [-0.15, -0.1) is 24.5 Å². The maximum absolute atomic E-state index is 12.5. The minimum atomic E-state index is -4.80. The summed E-state index contributed by atoms with van der Waals surface area (Å²) >= 11 is 1.31. The highest BCUT2D eigenvalue weighted by atomic mass is 32.1. The molecule has 0 bridgehead atoms. The number of ether oxygens (including phenoxy) is 2. The molecule has 33 heavy (non-hydrogen) atoms. The van der Waals surface area contributed by atoms with Crippen LogP contribution in [-0.2, 0) is 25.8 Å². The third-order valence-corrected chi connectivity index (χ3v) is 5.52. The number of thiophene rings is 1. The maximum atomic E-state index is 12.5. The van der Waals surface area contributed by atoms with Crippen molar-refractivity contribution in [3.05, 3.63) is 71.1 Å². The van der Waals surface area contributed by atoms with E-state index >= 15 is 0 Å². The third kappa shape index (κ3) is 6.02. The van der Waals surface area contributed by atoms with Crippen LogP contribution in [0.4, 0.5) is 13.2 Å². The number of nitrogens with one attached hydrogen (secondary N) is 1. The molecule has 1 N–H and O–H groups in total. The highest BCUT2D eigenvalue weighted by molar-refractivity contribution is 7.21. The van der Waals surface area contributed by atoms with Gasteiger partial charge in [0.2, 0.25) is 5.71 Å². The smallest absolute Gasteiger partial charge is 0.464 e. The zero-order valence-corrected chi connectivity index (χ0v) is 18.4. The number of esters is 1. The number of fused-ring (bicyclic) bond motifs is 1. The van der Waals surface area contributed by atoms with E-state index in [1.165, 1.54) is 43.8 Å². The number of hydrogen-bond donors (Lipinski definition) is 1. The Labute approximate surface area is 191 Å². The Balaban J connectivity index is 1.80. The number of hydroxylamine groups is 1. The topological polar surface area (TPSA) is 78.4 Å².